The van der Waals surface area contributed by atoms with Crippen LogP contribution in [0.3, 0.4) is 0 Å². The third kappa shape index (κ3) is 4.66. The van der Waals surface area contributed by atoms with Crippen molar-refractivity contribution in [2.24, 2.45) is 0 Å². The van der Waals surface area contributed by atoms with Crippen LogP contribution in [0.2, 0.25) is 0 Å². The Morgan fingerprint density at radius 3 is 2.00 bits per heavy atom. The third-order valence-corrected chi connectivity index (χ3v) is 6.84. The molecule has 9 nitrogen and oxygen atoms in total. The molecule has 0 spiro atoms. The van der Waals surface area contributed by atoms with Gasteiger partial charge in [-0.05, 0) is 52.0 Å². The average Bonchev–Trinajstić information content (AvgIpc) is 2.71. The number of nitrogens with zero attached hydrogens (tertiary/aromatic N) is 2. The van der Waals surface area contributed by atoms with Crippen LogP contribution in [0.15, 0.2) is 40.4 Å². The number of anilines is 1. The Balaban J connectivity index is 2.48. The number of methoxy groups -OCH3 is 2. The number of sulfonamides is 1. The fourth-order valence-corrected chi connectivity index (χ4v) is 5.25. The van der Waals surface area contributed by atoms with Crippen molar-refractivity contribution in [1.29, 1.82) is 0 Å². The summed E-state index contributed by atoms with van der Waals surface area (Å²) in [5, 5.41) is 0. The van der Waals surface area contributed by atoms with Crippen LogP contribution in [0.4, 0.5) is 5.69 Å². The molecule has 0 atom stereocenters. The van der Waals surface area contributed by atoms with Crippen LogP contribution < -0.4 is 4.90 Å². The average molecular weight is 441 g/mol. The number of esters is 2. The van der Waals surface area contributed by atoms with Gasteiger partial charge in [-0.2, -0.15) is 4.31 Å². The molecule has 1 aromatic carbocycles. The Morgan fingerprint density at radius 2 is 1.53 bits per heavy atom. The van der Waals surface area contributed by atoms with Gasteiger partial charge < -0.3 is 19.1 Å². The highest BCUT2D eigenvalue weighted by Gasteiger charge is 2.33. The van der Waals surface area contributed by atoms with Crippen LogP contribution in [0, 0.1) is 0 Å². The quantitative estimate of drug-likeness (QED) is 0.593. The zero-order valence-corrected chi connectivity index (χ0v) is 18.9. The van der Waals surface area contributed by atoms with Gasteiger partial charge in [0.15, 0.2) is 0 Å². The first-order valence-corrected chi connectivity index (χ1v) is 10.9. The highest BCUT2D eigenvalue weighted by Crippen LogP contribution is 2.29. The van der Waals surface area contributed by atoms with Crippen molar-refractivity contribution in [2.45, 2.75) is 44.7 Å². The Hall–Kier alpha value is -2.43. The highest BCUT2D eigenvalue weighted by atomic mass is 32.2. The maximum absolute atomic E-state index is 13.0. The molecule has 166 valence electrons. The van der Waals surface area contributed by atoms with Gasteiger partial charge in [-0.3, -0.25) is 0 Å². The van der Waals surface area contributed by atoms with Crippen molar-refractivity contribution in [3.05, 3.63) is 35.5 Å². The summed E-state index contributed by atoms with van der Waals surface area (Å²) in [5.41, 5.74) is 0.492. The summed E-state index contributed by atoms with van der Waals surface area (Å²) in [6.07, 6.45) is 0. The van der Waals surface area contributed by atoms with E-state index in [1.54, 1.807) is 12.1 Å². The first kappa shape index (κ1) is 23.8. The van der Waals surface area contributed by atoms with Gasteiger partial charge >= 0.3 is 11.9 Å². The van der Waals surface area contributed by atoms with Crippen LogP contribution in [0.5, 0.6) is 0 Å². The minimum absolute atomic E-state index is 0.00260. The van der Waals surface area contributed by atoms with Crippen molar-refractivity contribution >= 4 is 27.6 Å². The van der Waals surface area contributed by atoms with Crippen LogP contribution in [-0.4, -0.2) is 64.3 Å². The normalized spacial score (nSPS) is 15.2. The number of carbonyl (C=O) groups is 2. The predicted molar refractivity (Wildman–Crippen MR) is 110 cm³/mol. The molecule has 1 aliphatic heterocycles. The van der Waals surface area contributed by atoms with Crippen LogP contribution in [0.25, 0.3) is 0 Å². The summed E-state index contributed by atoms with van der Waals surface area (Å²) >= 11 is 0. The zero-order chi connectivity index (χ0) is 22.6. The molecule has 0 bridgehead atoms. The summed E-state index contributed by atoms with van der Waals surface area (Å²) in [5.74, 6) is -1.43. The first-order valence-electron chi connectivity index (χ1n) is 9.44. The lowest BCUT2D eigenvalue weighted by molar-refractivity contribution is -0.140. The molecular formula is C20H28N2O7S. The molecule has 1 aromatic rings. The molecule has 1 aliphatic rings. The molecule has 0 saturated carbocycles. The second-order valence-electron chi connectivity index (χ2n) is 7.23. The lowest BCUT2D eigenvalue weighted by Crippen LogP contribution is -2.42. The lowest BCUT2D eigenvalue weighted by Gasteiger charge is -2.32. The van der Waals surface area contributed by atoms with E-state index >= 15 is 0 Å². The Labute approximate surface area is 177 Å². The standard InChI is InChI=1S/C20H28N2O7S/c1-13(2)22(14(3)4)30(25,26)16-9-7-15(8-10-16)21-12-29-11-17(19(23)27-5)18(21)20(24)28-6/h7-10,13-14H,11-12H2,1-6H3. The van der Waals surface area contributed by atoms with E-state index in [1.807, 2.05) is 27.7 Å². The lowest BCUT2D eigenvalue weighted by atomic mass is 10.1. The molecule has 0 radical (unpaired) electrons. The second-order valence-corrected chi connectivity index (χ2v) is 9.08. The van der Waals surface area contributed by atoms with E-state index in [1.165, 1.54) is 35.6 Å². The number of hydrogen-bond acceptors (Lipinski definition) is 8. The summed E-state index contributed by atoms with van der Waals surface area (Å²) in [4.78, 5) is 26.0. The van der Waals surface area contributed by atoms with Crippen LogP contribution in [-0.2, 0) is 33.8 Å². The first-order chi connectivity index (χ1) is 14.1. The Kier molecular flexibility index (Phi) is 7.62. The summed E-state index contributed by atoms with van der Waals surface area (Å²) in [6.45, 7) is 7.16. The number of rotatable bonds is 7. The molecule has 0 saturated heterocycles. The van der Waals surface area contributed by atoms with Gasteiger partial charge in [0.2, 0.25) is 10.0 Å². The maximum atomic E-state index is 13.0. The topological polar surface area (TPSA) is 102 Å². The van der Waals surface area contributed by atoms with Gasteiger partial charge in [0.1, 0.15) is 12.4 Å². The minimum Gasteiger partial charge on any atom is -0.466 e. The van der Waals surface area contributed by atoms with E-state index < -0.39 is 22.0 Å². The largest absolute Gasteiger partial charge is 0.466 e. The molecule has 10 heteroatoms. The zero-order valence-electron chi connectivity index (χ0n) is 18.0. The fraction of sp³-hybridized carbons (Fsp3) is 0.500. The van der Waals surface area contributed by atoms with E-state index in [9.17, 15) is 18.0 Å². The van der Waals surface area contributed by atoms with E-state index in [2.05, 4.69) is 0 Å². The Bertz CT molecular complexity index is 913. The monoisotopic (exact) mass is 440 g/mol. The highest BCUT2D eigenvalue weighted by molar-refractivity contribution is 7.89. The second kappa shape index (κ2) is 9.59. The van der Waals surface area contributed by atoms with E-state index in [0.29, 0.717) is 5.69 Å². The molecule has 0 amide bonds. The molecule has 0 unspecified atom stereocenters. The summed E-state index contributed by atoms with van der Waals surface area (Å²) in [6, 6.07) is 5.62. The molecule has 0 fully saturated rings. The van der Waals surface area contributed by atoms with Gasteiger partial charge in [0, 0.05) is 17.8 Å². The molecule has 2 rings (SSSR count). The number of ether oxygens (including phenoxy) is 3. The SMILES string of the molecule is COC(=O)C1=C(C(=O)OC)N(c2ccc(S(=O)(=O)N(C(C)C)C(C)C)cc2)COC1. The smallest absolute Gasteiger partial charge is 0.355 e. The molecular weight excluding hydrogens is 412 g/mol. The predicted octanol–water partition coefficient (Wildman–Crippen LogP) is 1.89. The number of hydrogen-bond donors (Lipinski definition) is 0. The molecule has 0 aliphatic carbocycles. The maximum Gasteiger partial charge on any atom is 0.355 e. The Morgan fingerprint density at radius 1 is 1.00 bits per heavy atom. The van der Waals surface area contributed by atoms with E-state index in [-0.39, 0.29) is 41.6 Å². The van der Waals surface area contributed by atoms with E-state index in [0.717, 1.165) is 0 Å². The van der Waals surface area contributed by atoms with Crippen LogP contribution >= 0.6 is 0 Å². The summed E-state index contributed by atoms with van der Waals surface area (Å²) in [7, 11) is -1.29. The molecule has 30 heavy (non-hydrogen) atoms. The number of benzene rings is 1. The van der Waals surface area contributed by atoms with Gasteiger partial charge in [-0.1, -0.05) is 0 Å². The molecule has 0 aromatic heterocycles. The fourth-order valence-electron chi connectivity index (χ4n) is 3.42. The van der Waals surface area contributed by atoms with Crippen molar-refractivity contribution in [3.63, 3.8) is 0 Å². The minimum atomic E-state index is -3.70. The third-order valence-electron chi connectivity index (χ3n) is 4.57. The van der Waals surface area contributed by atoms with Crippen molar-refractivity contribution in [1.82, 2.24) is 4.31 Å². The van der Waals surface area contributed by atoms with Gasteiger partial charge in [-0.15, -0.1) is 0 Å². The van der Waals surface area contributed by atoms with Gasteiger partial charge in [0.25, 0.3) is 0 Å². The van der Waals surface area contributed by atoms with Crippen molar-refractivity contribution in [3.8, 4) is 0 Å². The van der Waals surface area contributed by atoms with Gasteiger partial charge in [0.05, 0.1) is 31.3 Å². The van der Waals surface area contributed by atoms with Crippen LogP contribution in [0.1, 0.15) is 27.7 Å². The summed E-state index contributed by atoms with van der Waals surface area (Å²) < 4.78 is 42.5. The number of carbonyl (C=O) groups excluding carboxylic acids is 2. The van der Waals surface area contributed by atoms with Gasteiger partial charge in [-0.25, -0.2) is 18.0 Å². The molecule has 0 N–H and O–H groups in total. The van der Waals surface area contributed by atoms with E-state index in [4.69, 9.17) is 14.2 Å². The molecule has 1 heterocycles. The van der Waals surface area contributed by atoms with Crippen molar-refractivity contribution in [2.75, 3.05) is 32.5 Å². The van der Waals surface area contributed by atoms with Crippen molar-refractivity contribution < 1.29 is 32.2 Å².